The van der Waals surface area contributed by atoms with Gasteiger partial charge < -0.3 is 5.32 Å². The molecule has 19 heavy (non-hydrogen) atoms. The number of hydrogen-bond donors (Lipinski definition) is 1. The highest BCUT2D eigenvalue weighted by molar-refractivity contribution is 5.03. The van der Waals surface area contributed by atoms with E-state index >= 15 is 0 Å². The summed E-state index contributed by atoms with van der Waals surface area (Å²) < 4.78 is 3.97. The Hall–Kier alpha value is -1.62. The molecule has 5 heteroatoms. The highest BCUT2D eigenvalue weighted by Gasteiger charge is 2.06. The van der Waals surface area contributed by atoms with Crippen LogP contribution in [0.25, 0.3) is 0 Å². The second kappa shape index (κ2) is 6.52. The zero-order chi connectivity index (χ0) is 13.7. The molecule has 0 aliphatic carbocycles. The van der Waals surface area contributed by atoms with Crippen molar-refractivity contribution < 1.29 is 0 Å². The maximum atomic E-state index is 4.59. The Kier molecular flexibility index (Phi) is 4.74. The summed E-state index contributed by atoms with van der Waals surface area (Å²) in [6.45, 7) is 8.97. The van der Waals surface area contributed by atoms with Gasteiger partial charge in [0.15, 0.2) is 0 Å². The lowest BCUT2D eigenvalue weighted by atomic mass is 10.3. The normalized spacial score (nSPS) is 12.8. The smallest absolute Gasteiger partial charge is 0.0849 e. The topological polar surface area (TPSA) is 47.7 Å². The van der Waals surface area contributed by atoms with Gasteiger partial charge in [0.2, 0.25) is 0 Å². The minimum absolute atomic E-state index is 0.454. The summed E-state index contributed by atoms with van der Waals surface area (Å²) in [5, 5.41) is 12.4. The van der Waals surface area contributed by atoms with Crippen LogP contribution in [0.3, 0.4) is 0 Å². The standard InChI is InChI=1S/C14H23N5/c1-4-12(3)19-9-7-14(17-19)11-18-8-6-13(16-18)10-15-5-2/h6-9,12,15H,4-5,10-11H2,1-3H3. The third kappa shape index (κ3) is 3.67. The zero-order valence-electron chi connectivity index (χ0n) is 12.0. The van der Waals surface area contributed by atoms with Crippen LogP contribution in [0.5, 0.6) is 0 Å². The Morgan fingerprint density at radius 3 is 2.68 bits per heavy atom. The molecule has 5 nitrogen and oxygen atoms in total. The monoisotopic (exact) mass is 261 g/mol. The van der Waals surface area contributed by atoms with Crippen LogP contribution in [0.2, 0.25) is 0 Å². The molecule has 1 unspecified atom stereocenters. The van der Waals surface area contributed by atoms with Crippen LogP contribution in [0.4, 0.5) is 0 Å². The van der Waals surface area contributed by atoms with Crippen molar-refractivity contribution in [2.24, 2.45) is 0 Å². The average molecular weight is 261 g/mol. The molecule has 2 aromatic heterocycles. The van der Waals surface area contributed by atoms with Gasteiger partial charge in [-0.05, 0) is 32.0 Å². The second-order valence-electron chi connectivity index (χ2n) is 4.83. The number of rotatable bonds is 7. The SMILES string of the molecule is CCNCc1ccn(Cc2ccn(C(C)CC)n2)n1. The van der Waals surface area contributed by atoms with Crippen molar-refractivity contribution in [3.8, 4) is 0 Å². The Labute approximate surface area is 114 Å². The fourth-order valence-electron chi connectivity index (χ4n) is 1.90. The van der Waals surface area contributed by atoms with Crippen LogP contribution in [0.15, 0.2) is 24.5 Å². The summed E-state index contributed by atoms with van der Waals surface area (Å²) in [5.41, 5.74) is 2.13. The Bertz CT molecular complexity index is 499. The molecule has 104 valence electrons. The highest BCUT2D eigenvalue weighted by atomic mass is 15.3. The van der Waals surface area contributed by atoms with Crippen LogP contribution >= 0.6 is 0 Å². The lowest BCUT2D eigenvalue weighted by Crippen LogP contribution is -2.13. The van der Waals surface area contributed by atoms with Gasteiger partial charge in [-0.1, -0.05) is 13.8 Å². The van der Waals surface area contributed by atoms with E-state index in [0.717, 1.165) is 37.4 Å². The molecular formula is C14H23N5. The Morgan fingerprint density at radius 2 is 1.95 bits per heavy atom. The molecule has 0 aliphatic heterocycles. The molecule has 2 heterocycles. The Morgan fingerprint density at radius 1 is 1.16 bits per heavy atom. The van der Waals surface area contributed by atoms with Crippen molar-refractivity contribution in [2.45, 2.75) is 46.3 Å². The molecule has 0 amide bonds. The molecule has 0 saturated heterocycles. The van der Waals surface area contributed by atoms with E-state index in [9.17, 15) is 0 Å². The zero-order valence-corrected chi connectivity index (χ0v) is 12.0. The molecule has 1 N–H and O–H groups in total. The number of aromatic nitrogens is 4. The first-order valence-corrected chi connectivity index (χ1v) is 7.00. The first-order chi connectivity index (χ1) is 9.22. The third-order valence-corrected chi connectivity index (χ3v) is 3.28. The summed E-state index contributed by atoms with van der Waals surface area (Å²) in [6.07, 6.45) is 5.15. The van der Waals surface area contributed by atoms with Gasteiger partial charge in [0, 0.05) is 25.0 Å². The van der Waals surface area contributed by atoms with Gasteiger partial charge in [-0.15, -0.1) is 0 Å². The summed E-state index contributed by atoms with van der Waals surface area (Å²) in [5.74, 6) is 0. The fraction of sp³-hybridized carbons (Fsp3) is 0.571. The molecule has 2 aromatic rings. The maximum Gasteiger partial charge on any atom is 0.0849 e. The summed E-state index contributed by atoms with van der Waals surface area (Å²) in [4.78, 5) is 0. The molecule has 0 aromatic carbocycles. The van der Waals surface area contributed by atoms with Crippen LogP contribution in [0.1, 0.15) is 44.6 Å². The van der Waals surface area contributed by atoms with E-state index in [1.807, 2.05) is 27.8 Å². The highest BCUT2D eigenvalue weighted by Crippen LogP contribution is 2.10. The van der Waals surface area contributed by atoms with Crippen LogP contribution < -0.4 is 5.32 Å². The lowest BCUT2D eigenvalue weighted by Gasteiger charge is -2.08. The van der Waals surface area contributed by atoms with Crippen molar-refractivity contribution >= 4 is 0 Å². The summed E-state index contributed by atoms with van der Waals surface area (Å²) >= 11 is 0. The van der Waals surface area contributed by atoms with Gasteiger partial charge in [0.1, 0.15) is 0 Å². The molecule has 2 rings (SSSR count). The first kappa shape index (κ1) is 13.8. The minimum atomic E-state index is 0.454. The minimum Gasteiger partial charge on any atom is -0.311 e. The summed E-state index contributed by atoms with van der Waals surface area (Å²) in [7, 11) is 0. The first-order valence-electron chi connectivity index (χ1n) is 7.00. The number of nitrogens with zero attached hydrogens (tertiary/aromatic N) is 4. The van der Waals surface area contributed by atoms with E-state index in [2.05, 4.69) is 42.4 Å². The molecule has 0 bridgehead atoms. The van der Waals surface area contributed by atoms with E-state index in [0.29, 0.717) is 6.04 Å². The van der Waals surface area contributed by atoms with Crippen molar-refractivity contribution in [2.75, 3.05) is 6.54 Å². The third-order valence-electron chi connectivity index (χ3n) is 3.28. The van der Waals surface area contributed by atoms with E-state index in [-0.39, 0.29) is 0 Å². The van der Waals surface area contributed by atoms with Crippen molar-refractivity contribution in [3.05, 3.63) is 35.9 Å². The van der Waals surface area contributed by atoms with Gasteiger partial charge >= 0.3 is 0 Å². The molecule has 0 fully saturated rings. The van der Waals surface area contributed by atoms with Crippen molar-refractivity contribution in [1.82, 2.24) is 24.9 Å². The van der Waals surface area contributed by atoms with E-state index < -0.39 is 0 Å². The molecule has 0 radical (unpaired) electrons. The molecule has 0 aliphatic rings. The second-order valence-corrected chi connectivity index (χ2v) is 4.83. The molecular weight excluding hydrogens is 238 g/mol. The molecule has 0 spiro atoms. The van der Waals surface area contributed by atoms with Crippen molar-refractivity contribution in [3.63, 3.8) is 0 Å². The van der Waals surface area contributed by atoms with Crippen LogP contribution in [-0.4, -0.2) is 26.1 Å². The largest absolute Gasteiger partial charge is 0.311 e. The lowest BCUT2D eigenvalue weighted by molar-refractivity contribution is 0.470. The van der Waals surface area contributed by atoms with Crippen molar-refractivity contribution in [1.29, 1.82) is 0 Å². The predicted molar refractivity (Wildman–Crippen MR) is 75.9 cm³/mol. The quantitative estimate of drug-likeness (QED) is 0.831. The fourth-order valence-corrected chi connectivity index (χ4v) is 1.90. The van der Waals surface area contributed by atoms with Crippen LogP contribution in [-0.2, 0) is 13.1 Å². The van der Waals surface area contributed by atoms with Gasteiger partial charge in [-0.25, -0.2) is 0 Å². The average Bonchev–Trinajstić information content (AvgIpc) is 3.05. The molecule has 1 atom stereocenters. The Balaban J connectivity index is 1.96. The van der Waals surface area contributed by atoms with Gasteiger partial charge in [-0.3, -0.25) is 9.36 Å². The van der Waals surface area contributed by atoms with E-state index in [1.54, 1.807) is 0 Å². The van der Waals surface area contributed by atoms with Gasteiger partial charge in [0.25, 0.3) is 0 Å². The van der Waals surface area contributed by atoms with Crippen LogP contribution in [0, 0.1) is 0 Å². The maximum absolute atomic E-state index is 4.59. The molecule has 0 saturated carbocycles. The number of nitrogens with one attached hydrogen (secondary N) is 1. The number of hydrogen-bond acceptors (Lipinski definition) is 3. The van der Waals surface area contributed by atoms with Gasteiger partial charge in [-0.2, -0.15) is 10.2 Å². The van der Waals surface area contributed by atoms with Gasteiger partial charge in [0.05, 0.1) is 17.9 Å². The predicted octanol–water partition coefficient (Wildman–Crippen LogP) is 2.21. The van der Waals surface area contributed by atoms with E-state index in [1.165, 1.54) is 0 Å². The van der Waals surface area contributed by atoms with E-state index in [4.69, 9.17) is 0 Å². The summed E-state index contributed by atoms with van der Waals surface area (Å²) in [6, 6.07) is 4.57.